The quantitative estimate of drug-likeness (QED) is 0.0998. The first-order valence-electron chi connectivity index (χ1n) is 17.0. The van der Waals surface area contributed by atoms with E-state index >= 15 is 0 Å². The topological polar surface area (TPSA) is 93.8 Å². The molecule has 53 heavy (non-hydrogen) atoms. The van der Waals surface area contributed by atoms with E-state index in [1.54, 1.807) is 0 Å². The van der Waals surface area contributed by atoms with Gasteiger partial charge < -0.3 is 24.3 Å². The van der Waals surface area contributed by atoms with Crippen LogP contribution in [0.1, 0.15) is 41.1 Å². The van der Waals surface area contributed by atoms with E-state index in [1.165, 1.54) is 11.8 Å². The third-order valence-corrected chi connectivity index (χ3v) is 10.3. The number of aromatic nitrogens is 1. The minimum atomic E-state index is -2.04. The van der Waals surface area contributed by atoms with Crippen LogP contribution in [0.3, 0.4) is 0 Å². The first kappa shape index (κ1) is 37.2. The summed E-state index contributed by atoms with van der Waals surface area (Å²) < 4.78 is 17.7. The van der Waals surface area contributed by atoms with Crippen LogP contribution in [0, 0.1) is 0 Å². The lowest BCUT2D eigenvalue weighted by Gasteiger charge is -2.36. The number of aliphatic hydroxyl groups is 1. The predicted octanol–water partition coefficient (Wildman–Crippen LogP) is 10.5. The first-order valence-corrected chi connectivity index (χ1v) is 19.1. The van der Waals surface area contributed by atoms with Crippen LogP contribution in [0.15, 0.2) is 143 Å². The predicted molar refractivity (Wildman–Crippen MR) is 211 cm³/mol. The number of carbonyl (C=O) groups is 1. The molecule has 1 saturated heterocycles. The van der Waals surface area contributed by atoms with Gasteiger partial charge in [-0.1, -0.05) is 168 Å². The summed E-state index contributed by atoms with van der Waals surface area (Å²) >= 11 is 18.7. The number of alkyl halides is 3. The fraction of sp³-hybridized carbons (Fsp3) is 0.190. The van der Waals surface area contributed by atoms with E-state index < -0.39 is 16.0 Å². The van der Waals surface area contributed by atoms with Gasteiger partial charge in [0.05, 0.1) is 18.8 Å². The van der Waals surface area contributed by atoms with Gasteiger partial charge in [-0.2, -0.15) is 0 Å². The molecule has 1 fully saturated rings. The van der Waals surface area contributed by atoms with Crippen molar-refractivity contribution in [2.24, 2.45) is 0 Å². The highest BCUT2D eigenvalue weighted by Gasteiger charge is 2.33. The number of amides is 1. The van der Waals surface area contributed by atoms with Crippen molar-refractivity contribution in [3.05, 3.63) is 156 Å². The first-order chi connectivity index (χ1) is 25.7. The Morgan fingerprint density at radius 3 is 2.11 bits per heavy atom. The molecule has 3 unspecified atom stereocenters. The van der Waals surface area contributed by atoms with Gasteiger partial charge in [-0.05, 0) is 39.9 Å². The van der Waals surface area contributed by atoms with Crippen molar-refractivity contribution in [1.82, 2.24) is 10.3 Å². The Bertz CT molecular complexity index is 2090. The fourth-order valence-electron chi connectivity index (χ4n) is 6.13. The molecule has 1 aliphatic rings. The number of nitrogens with zero attached hydrogens (tertiary/aromatic N) is 1. The molecule has 1 aliphatic heterocycles. The Labute approximate surface area is 327 Å². The largest absolute Gasteiger partial charge is 0.431 e. The summed E-state index contributed by atoms with van der Waals surface area (Å²) in [6.45, 7) is 0.172. The van der Waals surface area contributed by atoms with Crippen LogP contribution in [0.5, 0.6) is 0 Å². The average Bonchev–Trinajstić information content (AvgIpc) is 3.64. The van der Waals surface area contributed by atoms with E-state index in [0.29, 0.717) is 17.4 Å². The molecule has 7 rings (SSSR count). The highest BCUT2D eigenvalue weighted by atomic mass is 35.6. The molecule has 6 aromatic rings. The van der Waals surface area contributed by atoms with Gasteiger partial charge in [0.1, 0.15) is 5.69 Å². The van der Waals surface area contributed by atoms with Gasteiger partial charge in [0.25, 0.3) is 14.9 Å². The van der Waals surface area contributed by atoms with Crippen molar-refractivity contribution in [3.63, 3.8) is 0 Å². The van der Waals surface area contributed by atoms with E-state index in [1.807, 2.05) is 127 Å². The SMILES string of the molecule is O=C(NCc1cccc(-c2cccc(C3OC(CSc4nc(-c5ccccc5)c(-c5ccccc5)o4)CC(c4ccc(CO)cc4)O3)c2)c1)C(Cl)(Cl)Cl. The maximum absolute atomic E-state index is 12.1. The number of nitrogens with one attached hydrogen (secondary N) is 1. The summed E-state index contributed by atoms with van der Waals surface area (Å²) in [4.78, 5) is 17.0. The zero-order valence-corrected chi connectivity index (χ0v) is 31.4. The summed E-state index contributed by atoms with van der Waals surface area (Å²) in [6, 6.07) is 43.7. The zero-order valence-electron chi connectivity index (χ0n) is 28.3. The van der Waals surface area contributed by atoms with Gasteiger partial charge in [-0.25, -0.2) is 4.98 Å². The number of aliphatic hydroxyl groups excluding tert-OH is 1. The summed E-state index contributed by atoms with van der Waals surface area (Å²) in [6.07, 6.45) is -0.513. The number of carbonyl (C=O) groups excluding carboxylic acids is 1. The number of halogens is 3. The van der Waals surface area contributed by atoms with Crippen LogP contribution in [0.2, 0.25) is 0 Å². The van der Waals surface area contributed by atoms with Crippen molar-refractivity contribution >= 4 is 52.5 Å². The molecule has 2 N–H and O–H groups in total. The van der Waals surface area contributed by atoms with Crippen LogP contribution in [0.4, 0.5) is 0 Å². The summed E-state index contributed by atoms with van der Waals surface area (Å²) in [5.41, 5.74) is 8.16. The van der Waals surface area contributed by atoms with E-state index in [0.717, 1.165) is 56.0 Å². The Morgan fingerprint density at radius 1 is 0.755 bits per heavy atom. The zero-order chi connectivity index (χ0) is 36.8. The number of ether oxygens (including phenoxy) is 2. The van der Waals surface area contributed by atoms with Gasteiger partial charge >= 0.3 is 0 Å². The fourth-order valence-corrected chi connectivity index (χ4v) is 7.18. The number of rotatable bonds is 11. The summed E-state index contributed by atoms with van der Waals surface area (Å²) in [7, 11) is 0. The highest BCUT2D eigenvalue weighted by Crippen LogP contribution is 2.41. The van der Waals surface area contributed by atoms with Crippen molar-refractivity contribution in [1.29, 1.82) is 0 Å². The van der Waals surface area contributed by atoms with Gasteiger partial charge in [-0.15, -0.1) is 0 Å². The third kappa shape index (κ3) is 9.34. The Hall–Kier alpha value is -4.12. The van der Waals surface area contributed by atoms with Crippen molar-refractivity contribution in [2.45, 2.75) is 47.1 Å². The molecule has 0 aliphatic carbocycles. The molecule has 11 heteroatoms. The summed E-state index contributed by atoms with van der Waals surface area (Å²) in [5, 5.41) is 12.9. The van der Waals surface area contributed by atoms with Gasteiger partial charge in [0, 0.05) is 35.4 Å². The molecule has 0 bridgehead atoms. The lowest BCUT2D eigenvalue weighted by molar-refractivity contribution is -0.245. The molecular formula is C42H35Cl3N2O5S. The molecule has 7 nitrogen and oxygen atoms in total. The number of hydrogen-bond acceptors (Lipinski definition) is 7. The number of oxazole rings is 1. The monoisotopic (exact) mass is 784 g/mol. The van der Waals surface area contributed by atoms with Crippen molar-refractivity contribution in [3.8, 4) is 33.7 Å². The second-order valence-electron chi connectivity index (χ2n) is 12.6. The molecule has 1 aromatic heterocycles. The van der Waals surface area contributed by atoms with Crippen LogP contribution in [-0.4, -0.2) is 31.6 Å². The van der Waals surface area contributed by atoms with E-state index in [4.69, 9.17) is 53.7 Å². The van der Waals surface area contributed by atoms with Gasteiger partial charge in [-0.3, -0.25) is 4.79 Å². The maximum Gasteiger partial charge on any atom is 0.272 e. The summed E-state index contributed by atoms with van der Waals surface area (Å²) in [5.74, 6) is 0.613. The third-order valence-electron chi connectivity index (χ3n) is 8.83. The average molecular weight is 786 g/mol. The lowest BCUT2D eigenvalue weighted by atomic mass is 9.99. The highest BCUT2D eigenvalue weighted by molar-refractivity contribution is 7.99. The molecule has 0 saturated carbocycles. The number of benzene rings is 5. The number of thioether (sulfide) groups is 1. The molecule has 3 atom stereocenters. The van der Waals surface area contributed by atoms with E-state index in [9.17, 15) is 9.90 Å². The maximum atomic E-state index is 12.1. The molecule has 270 valence electrons. The molecule has 0 radical (unpaired) electrons. The van der Waals surface area contributed by atoms with E-state index in [2.05, 4.69) is 11.4 Å². The van der Waals surface area contributed by atoms with Gasteiger partial charge in [0.15, 0.2) is 12.1 Å². The minimum Gasteiger partial charge on any atom is -0.431 e. The Kier molecular flexibility index (Phi) is 11.9. The molecule has 0 spiro atoms. The number of hydrogen-bond donors (Lipinski definition) is 2. The van der Waals surface area contributed by atoms with Crippen LogP contribution < -0.4 is 5.32 Å². The van der Waals surface area contributed by atoms with Gasteiger partial charge in [0.2, 0.25) is 0 Å². The van der Waals surface area contributed by atoms with Crippen molar-refractivity contribution < 1.29 is 23.8 Å². The Morgan fingerprint density at radius 2 is 1.42 bits per heavy atom. The van der Waals surface area contributed by atoms with Crippen LogP contribution in [-0.2, 0) is 27.4 Å². The minimum absolute atomic E-state index is 0.0316. The second kappa shape index (κ2) is 16.9. The standard InChI is InChI=1S/C42H35Cl3N2O5S/c43-42(44,45)40(49)46-24-28-9-7-14-32(21-28)33-15-8-16-34(22-33)39-50-35(23-36(51-39)29-19-17-27(25-48)18-20-29)26-53-41-47-37(30-10-3-1-4-11-30)38(52-41)31-12-5-2-6-13-31/h1-22,35-36,39,48H,23-26H2,(H,46,49). The normalized spacial score (nSPS) is 17.4. The molecule has 2 heterocycles. The van der Waals surface area contributed by atoms with E-state index in [-0.39, 0.29) is 25.4 Å². The molecule has 5 aromatic carbocycles. The van der Waals surface area contributed by atoms with Crippen molar-refractivity contribution in [2.75, 3.05) is 5.75 Å². The van der Waals surface area contributed by atoms with Crippen LogP contribution in [0.25, 0.3) is 33.7 Å². The van der Waals surface area contributed by atoms with Crippen LogP contribution >= 0.6 is 46.6 Å². The lowest BCUT2D eigenvalue weighted by Crippen LogP contribution is -2.33. The smallest absolute Gasteiger partial charge is 0.272 e. The molecular weight excluding hydrogens is 751 g/mol. The molecule has 1 amide bonds. The Balaban J connectivity index is 1.13. The second-order valence-corrected chi connectivity index (χ2v) is 15.8.